The molecule has 2 aliphatic rings. The molecule has 2 aliphatic heterocycles. The lowest BCUT2D eigenvalue weighted by atomic mass is 10.1. The van der Waals surface area contributed by atoms with Crippen LogP contribution in [-0.2, 0) is 4.79 Å². The van der Waals surface area contributed by atoms with Gasteiger partial charge in [0.15, 0.2) is 0 Å². The molecule has 0 aromatic heterocycles. The Kier molecular flexibility index (Phi) is 5.66. The van der Waals surface area contributed by atoms with Crippen molar-refractivity contribution < 1.29 is 14.3 Å². The van der Waals surface area contributed by atoms with Gasteiger partial charge < -0.3 is 14.5 Å². The fourth-order valence-electron chi connectivity index (χ4n) is 3.31. The SMILES string of the molecule is CCOc1cccc(C(=O)N2CCC[C@@H]2C(=O)N2CCSCC2)c1. The zero-order chi connectivity index (χ0) is 16.9. The monoisotopic (exact) mass is 348 g/mol. The molecule has 0 N–H and O–H groups in total. The summed E-state index contributed by atoms with van der Waals surface area (Å²) in [6, 6.07) is 6.92. The van der Waals surface area contributed by atoms with Gasteiger partial charge in [-0.05, 0) is 38.0 Å². The quantitative estimate of drug-likeness (QED) is 0.837. The van der Waals surface area contributed by atoms with Gasteiger partial charge in [0.1, 0.15) is 11.8 Å². The molecule has 2 saturated heterocycles. The van der Waals surface area contributed by atoms with Crippen molar-refractivity contribution in [1.82, 2.24) is 9.80 Å². The second kappa shape index (κ2) is 7.92. The normalized spacial score (nSPS) is 21.0. The number of benzene rings is 1. The Hall–Kier alpha value is -1.69. The lowest BCUT2D eigenvalue weighted by Gasteiger charge is -2.32. The Labute approximate surface area is 147 Å². The first kappa shape index (κ1) is 17.1. The Morgan fingerprint density at radius 2 is 2.04 bits per heavy atom. The summed E-state index contributed by atoms with van der Waals surface area (Å²) in [5.41, 5.74) is 0.592. The zero-order valence-corrected chi connectivity index (χ0v) is 14.9. The number of nitrogens with zero attached hydrogens (tertiary/aromatic N) is 2. The van der Waals surface area contributed by atoms with E-state index >= 15 is 0 Å². The molecule has 0 aliphatic carbocycles. The smallest absolute Gasteiger partial charge is 0.254 e. The molecule has 1 aromatic carbocycles. The first-order chi connectivity index (χ1) is 11.7. The highest BCUT2D eigenvalue weighted by molar-refractivity contribution is 7.99. The summed E-state index contributed by atoms with van der Waals surface area (Å²) >= 11 is 1.88. The topological polar surface area (TPSA) is 49.9 Å². The first-order valence-electron chi connectivity index (χ1n) is 8.61. The molecule has 0 spiro atoms. The molecule has 24 heavy (non-hydrogen) atoms. The standard InChI is InChI=1S/C18H24N2O3S/c1-2-23-15-6-3-5-14(13-15)17(21)20-8-4-7-16(20)18(22)19-9-11-24-12-10-19/h3,5-6,13,16H,2,4,7-12H2,1H3/t16-/m1/s1. The van der Waals surface area contributed by atoms with Gasteiger partial charge in [-0.25, -0.2) is 0 Å². The number of hydrogen-bond acceptors (Lipinski definition) is 4. The highest BCUT2D eigenvalue weighted by atomic mass is 32.2. The third kappa shape index (κ3) is 3.69. The molecule has 3 rings (SSSR count). The Morgan fingerprint density at radius 3 is 2.79 bits per heavy atom. The number of ether oxygens (including phenoxy) is 1. The van der Waals surface area contributed by atoms with Gasteiger partial charge in [-0.1, -0.05) is 6.07 Å². The Balaban J connectivity index is 1.73. The number of rotatable bonds is 4. The lowest BCUT2D eigenvalue weighted by Crippen LogP contribution is -2.50. The van der Waals surface area contributed by atoms with Crippen LogP contribution < -0.4 is 4.74 Å². The fourth-order valence-corrected chi connectivity index (χ4v) is 4.22. The summed E-state index contributed by atoms with van der Waals surface area (Å²) in [6.07, 6.45) is 1.65. The van der Waals surface area contributed by atoms with Crippen LogP contribution in [0.1, 0.15) is 30.1 Å². The number of hydrogen-bond donors (Lipinski definition) is 0. The fraction of sp³-hybridized carbons (Fsp3) is 0.556. The predicted molar refractivity (Wildman–Crippen MR) is 95.6 cm³/mol. The molecule has 0 saturated carbocycles. The van der Waals surface area contributed by atoms with Crippen LogP contribution in [0.4, 0.5) is 0 Å². The van der Waals surface area contributed by atoms with Crippen LogP contribution in [0, 0.1) is 0 Å². The molecule has 2 heterocycles. The van der Waals surface area contributed by atoms with Crippen molar-refractivity contribution in [3.05, 3.63) is 29.8 Å². The summed E-state index contributed by atoms with van der Waals surface area (Å²) < 4.78 is 5.48. The van der Waals surface area contributed by atoms with Crippen LogP contribution >= 0.6 is 11.8 Å². The van der Waals surface area contributed by atoms with E-state index in [2.05, 4.69) is 0 Å². The molecule has 0 unspecified atom stereocenters. The van der Waals surface area contributed by atoms with E-state index in [-0.39, 0.29) is 17.9 Å². The van der Waals surface area contributed by atoms with Crippen LogP contribution in [-0.4, -0.2) is 65.4 Å². The average molecular weight is 348 g/mol. The van der Waals surface area contributed by atoms with Crippen LogP contribution in [0.5, 0.6) is 5.75 Å². The highest BCUT2D eigenvalue weighted by Crippen LogP contribution is 2.24. The number of likely N-dealkylation sites (tertiary alicyclic amines) is 1. The van der Waals surface area contributed by atoms with Crippen molar-refractivity contribution in [3.63, 3.8) is 0 Å². The van der Waals surface area contributed by atoms with E-state index in [0.717, 1.165) is 37.4 Å². The molecular weight excluding hydrogens is 324 g/mol. The molecule has 1 atom stereocenters. The zero-order valence-electron chi connectivity index (χ0n) is 14.1. The molecule has 130 valence electrons. The van der Waals surface area contributed by atoms with Gasteiger partial charge in [0.25, 0.3) is 5.91 Å². The van der Waals surface area contributed by atoms with E-state index in [1.165, 1.54) is 0 Å². The van der Waals surface area contributed by atoms with E-state index < -0.39 is 0 Å². The maximum absolute atomic E-state index is 12.9. The third-order valence-electron chi connectivity index (χ3n) is 4.51. The Bertz CT molecular complexity index is 602. The van der Waals surface area contributed by atoms with Gasteiger partial charge in [-0.2, -0.15) is 11.8 Å². The summed E-state index contributed by atoms with van der Waals surface area (Å²) in [5.74, 6) is 2.71. The minimum atomic E-state index is -0.309. The summed E-state index contributed by atoms with van der Waals surface area (Å²) in [6.45, 7) is 4.72. The Morgan fingerprint density at radius 1 is 1.25 bits per heavy atom. The maximum atomic E-state index is 12.9. The van der Waals surface area contributed by atoms with Crippen molar-refractivity contribution in [2.45, 2.75) is 25.8 Å². The minimum absolute atomic E-state index is 0.0706. The largest absolute Gasteiger partial charge is 0.494 e. The molecule has 6 heteroatoms. The van der Waals surface area contributed by atoms with E-state index in [1.54, 1.807) is 17.0 Å². The maximum Gasteiger partial charge on any atom is 0.254 e. The van der Waals surface area contributed by atoms with Crippen molar-refractivity contribution >= 4 is 23.6 Å². The van der Waals surface area contributed by atoms with Gasteiger partial charge in [0.2, 0.25) is 5.91 Å². The van der Waals surface area contributed by atoms with Crippen molar-refractivity contribution in [2.24, 2.45) is 0 Å². The van der Waals surface area contributed by atoms with Crippen molar-refractivity contribution in [1.29, 1.82) is 0 Å². The van der Waals surface area contributed by atoms with Gasteiger partial charge in [-0.3, -0.25) is 9.59 Å². The van der Waals surface area contributed by atoms with Crippen molar-refractivity contribution in [2.75, 3.05) is 37.7 Å². The van der Waals surface area contributed by atoms with Gasteiger partial charge in [-0.15, -0.1) is 0 Å². The summed E-state index contributed by atoms with van der Waals surface area (Å²) in [5, 5.41) is 0. The second-order valence-electron chi connectivity index (χ2n) is 6.06. The van der Waals surface area contributed by atoms with E-state index in [1.807, 2.05) is 35.7 Å². The average Bonchev–Trinajstić information content (AvgIpc) is 3.11. The van der Waals surface area contributed by atoms with E-state index in [0.29, 0.717) is 24.5 Å². The molecule has 2 fully saturated rings. The highest BCUT2D eigenvalue weighted by Gasteiger charge is 2.37. The molecule has 1 aromatic rings. The molecular formula is C18H24N2O3S. The lowest BCUT2D eigenvalue weighted by molar-refractivity contribution is -0.134. The summed E-state index contributed by atoms with van der Waals surface area (Å²) in [7, 11) is 0. The molecule has 0 bridgehead atoms. The number of carbonyl (C=O) groups is 2. The third-order valence-corrected chi connectivity index (χ3v) is 5.46. The molecule has 0 radical (unpaired) electrons. The predicted octanol–water partition coefficient (Wildman–Crippen LogP) is 2.27. The van der Waals surface area contributed by atoms with Gasteiger partial charge in [0.05, 0.1) is 6.61 Å². The van der Waals surface area contributed by atoms with Crippen LogP contribution in [0.25, 0.3) is 0 Å². The second-order valence-corrected chi connectivity index (χ2v) is 7.28. The van der Waals surface area contributed by atoms with E-state index in [4.69, 9.17) is 4.74 Å². The molecule has 5 nitrogen and oxygen atoms in total. The van der Waals surface area contributed by atoms with E-state index in [9.17, 15) is 9.59 Å². The first-order valence-corrected chi connectivity index (χ1v) is 9.76. The number of amides is 2. The minimum Gasteiger partial charge on any atom is -0.494 e. The van der Waals surface area contributed by atoms with Crippen LogP contribution in [0.3, 0.4) is 0 Å². The molecule has 2 amide bonds. The number of thioether (sulfide) groups is 1. The van der Waals surface area contributed by atoms with Crippen molar-refractivity contribution in [3.8, 4) is 5.75 Å². The van der Waals surface area contributed by atoms with Gasteiger partial charge in [0, 0.05) is 36.7 Å². The number of carbonyl (C=O) groups excluding carboxylic acids is 2. The van der Waals surface area contributed by atoms with Crippen LogP contribution in [0.2, 0.25) is 0 Å². The summed E-state index contributed by atoms with van der Waals surface area (Å²) in [4.78, 5) is 29.4. The van der Waals surface area contributed by atoms with Crippen LogP contribution in [0.15, 0.2) is 24.3 Å². The van der Waals surface area contributed by atoms with Gasteiger partial charge >= 0.3 is 0 Å².